The molecule has 2 aromatic carbocycles. The minimum atomic E-state index is -0.372. The van der Waals surface area contributed by atoms with Gasteiger partial charge in [-0.3, -0.25) is 14.4 Å². The third-order valence-corrected chi connectivity index (χ3v) is 7.64. The molecule has 0 bridgehead atoms. The van der Waals surface area contributed by atoms with Crippen LogP contribution in [0.15, 0.2) is 42.5 Å². The second-order valence-electron chi connectivity index (χ2n) is 10.2. The Kier molecular flexibility index (Phi) is 8.33. The van der Waals surface area contributed by atoms with Crippen molar-refractivity contribution < 1.29 is 33.3 Å². The van der Waals surface area contributed by atoms with E-state index in [1.807, 2.05) is 12.1 Å². The van der Waals surface area contributed by atoms with E-state index in [1.165, 1.54) is 0 Å². The third-order valence-electron chi connectivity index (χ3n) is 7.64. The summed E-state index contributed by atoms with van der Waals surface area (Å²) in [7, 11) is 3.34. The highest BCUT2D eigenvalue weighted by atomic mass is 16.5. The number of carbonyl (C=O) groups excluding carboxylic acids is 3. The normalized spacial score (nSPS) is 23.4. The van der Waals surface area contributed by atoms with Crippen LogP contribution in [-0.2, 0) is 19.1 Å². The summed E-state index contributed by atoms with van der Waals surface area (Å²) in [4.78, 5) is 40.6. The van der Waals surface area contributed by atoms with Crippen molar-refractivity contribution in [1.29, 1.82) is 0 Å². The fourth-order valence-corrected chi connectivity index (χ4v) is 5.43. The van der Waals surface area contributed by atoms with Gasteiger partial charge in [-0.25, -0.2) is 0 Å². The summed E-state index contributed by atoms with van der Waals surface area (Å²) < 4.78 is 22.9. The summed E-state index contributed by atoms with van der Waals surface area (Å²) in [6.45, 7) is 1.41. The Hall–Kier alpha value is -3.63. The van der Waals surface area contributed by atoms with Crippen LogP contribution in [0.25, 0.3) is 0 Å². The Morgan fingerprint density at radius 2 is 1.82 bits per heavy atom. The molecule has 0 spiro atoms. The molecule has 3 atom stereocenters. The van der Waals surface area contributed by atoms with Crippen LogP contribution in [0.2, 0.25) is 0 Å². The summed E-state index contributed by atoms with van der Waals surface area (Å²) in [6, 6.07) is 12.1. The summed E-state index contributed by atoms with van der Waals surface area (Å²) in [5, 5.41) is 5.84. The highest BCUT2D eigenvalue weighted by Gasteiger charge is 2.39. The van der Waals surface area contributed by atoms with Gasteiger partial charge in [0.2, 0.25) is 11.8 Å². The number of likely N-dealkylation sites (N-methyl/N-ethyl adjacent to an activating group) is 1. The molecule has 0 unspecified atom stereocenters. The molecule has 2 N–H and O–H groups in total. The number of methoxy groups -OCH3 is 1. The van der Waals surface area contributed by atoms with E-state index in [-0.39, 0.29) is 54.9 Å². The maximum absolute atomic E-state index is 13.5. The number of hydrogen-bond donors (Lipinski definition) is 2. The molecular formula is C29H35N3O7. The summed E-state index contributed by atoms with van der Waals surface area (Å²) in [5.74, 6) is 0.603. The zero-order chi connectivity index (χ0) is 27.4. The number of amides is 3. The van der Waals surface area contributed by atoms with Crippen molar-refractivity contribution in [3.63, 3.8) is 0 Å². The molecule has 2 fully saturated rings. The number of anilines is 2. The van der Waals surface area contributed by atoms with Crippen LogP contribution in [0.3, 0.4) is 0 Å². The van der Waals surface area contributed by atoms with Gasteiger partial charge in [-0.2, -0.15) is 0 Å². The predicted octanol–water partition coefficient (Wildman–Crippen LogP) is 3.47. The molecule has 0 saturated carbocycles. The van der Waals surface area contributed by atoms with E-state index in [4.69, 9.17) is 18.9 Å². The summed E-state index contributed by atoms with van der Waals surface area (Å²) >= 11 is 0. The van der Waals surface area contributed by atoms with E-state index in [2.05, 4.69) is 10.6 Å². The molecule has 2 saturated heterocycles. The van der Waals surface area contributed by atoms with Crippen LogP contribution in [0.1, 0.15) is 42.5 Å². The molecule has 0 aliphatic carbocycles. The van der Waals surface area contributed by atoms with Crippen LogP contribution in [0.5, 0.6) is 11.5 Å². The van der Waals surface area contributed by atoms with Gasteiger partial charge in [0.25, 0.3) is 5.91 Å². The van der Waals surface area contributed by atoms with Gasteiger partial charge in [-0.1, -0.05) is 6.07 Å². The summed E-state index contributed by atoms with van der Waals surface area (Å²) in [5.41, 5.74) is 1.63. The molecule has 10 nitrogen and oxygen atoms in total. The Morgan fingerprint density at radius 1 is 1.03 bits per heavy atom. The smallest absolute Gasteiger partial charge is 0.257 e. The molecule has 3 heterocycles. The molecule has 0 aromatic heterocycles. The topological polar surface area (TPSA) is 115 Å². The lowest BCUT2D eigenvalue weighted by Gasteiger charge is -2.42. The van der Waals surface area contributed by atoms with E-state index in [1.54, 1.807) is 49.4 Å². The molecule has 208 valence electrons. The first kappa shape index (κ1) is 27.0. The van der Waals surface area contributed by atoms with Crippen LogP contribution in [0, 0.1) is 5.92 Å². The van der Waals surface area contributed by atoms with Crippen molar-refractivity contribution in [1.82, 2.24) is 4.90 Å². The lowest BCUT2D eigenvalue weighted by atomic mass is 9.94. The zero-order valence-corrected chi connectivity index (χ0v) is 22.3. The largest absolute Gasteiger partial charge is 0.497 e. The second-order valence-corrected chi connectivity index (χ2v) is 10.2. The molecule has 2 aromatic rings. The predicted molar refractivity (Wildman–Crippen MR) is 144 cm³/mol. The van der Waals surface area contributed by atoms with Gasteiger partial charge >= 0.3 is 0 Å². The average molecular weight is 538 g/mol. The first-order chi connectivity index (χ1) is 18.9. The Balaban J connectivity index is 1.22. The molecule has 39 heavy (non-hydrogen) atoms. The lowest BCUT2D eigenvalue weighted by molar-refractivity contribution is -0.130. The molecule has 3 aliphatic rings. The highest BCUT2D eigenvalue weighted by Crippen LogP contribution is 2.33. The van der Waals surface area contributed by atoms with E-state index in [0.717, 1.165) is 0 Å². The van der Waals surface area contributed by atoms with E-state index in [0.29, 0.717) is 67.3 Å². The first-order valence-electron chi connectivity index (χ1n) is 13.4. The maximum Gasteiger partial charge on any atom is 0.257 e. The summed E-state index contributed by atoms with van der Waals surface area (Å²) in [6.07, 6.45) is 2.24. The van der Waals surface area contributed by atoms with Gasteiger partial charge in [0, 0.05) is 43.6 Å². The van der Waals surface area contributed by atoms with Crippen molar-refractivity contribution in [2.45, 2.75) is 50.4 Å². The van der Waals surface area contributed by atoms with E-state index < -0.39 is 0 Å². The van der Waals surface area contributed by atoms with Crippen molar-refractivity contribution in [2.24, 2.45) is 5.92 Å². The number of nitrogens with one attached hydrogen (secondary N) is 2. The number of fused-ring (bicyclic) bond motifs is 2. The molecule has 3 aliphatic heterocycles. The molecule has 10 heteroatoms. The number of carbonyl (C=O) groups is 3. The van der Waals surface area contributed by atoms with Gasteiger partial charge in [0.05, 0.1) is 31.2 Å². The van der Waals surface area contributed by atoms with Crippen LogP contribution in [0.4, 0.5) is 11.4 Å². The minimum Gasteiger partial charge on any atom is -0.497 e. The standard InChI is InChI=1S/C29H35N3O7/c1-32-24-8-7-22(16-27(33)30-19-4-3-5-21(14-19)36-2)39-26(24)17-38-25-9-6-20(15-23(25)29(32)35)31-28(34)18-10-12-37-13-11-18/h3-6,9,14-15,18,22,24,26H,7-8,10-13,16-17H2,1-2H3,(H,30,33)(H,31,34)/t22-,24+,26+/m1/s1. The maximum atomic E-state index is 13.5. The zero-order valence-electron chi connectivity index (χ0n) is 22.3. The minimum absolute atomic E-state index is 0.0620. The van der Waals surface area contributed by atoms with Crippen molar-refractivity contribution in [2.75, 3.05) is 44.6 Å². The Morgan fingerprint density at radius 3 is 2.62 bits per heavy atom. The van der Waals surface area contributed by atoms with Gasteiger partial charge in [-0.05, 0) is 56.0 Å². The molecule has 0 radical (unpaired) electrons. The Bertz CT molecular complexity index is 1210. The third kappa shape index (κ3) is 6.34. The van der Waals surface area contributed by atoms with Crippen LogP contribution < -0.4 is 20.1 Å². The van der Waals surface area contributed by atoms with Crippen molar-refractivity contribution >= 4 is 29.1 Å². The van der Waals surface area contributed by atoms with Crippen LogP contribution >= 0.6 is 0 Å². The molecule has 3 amide bonds. The number of rotatable bonds is 6. The van der Waals surface area contributed by atoms with E-state index >= 15 is 0 Å². The average Bonchev–Trinajstić information content (AvgIpc) is 2.95. The molecule has 5 rings (SSSR count). The quantitative estimate of drug-likeness (QED) is 0.580. The SMILES string of the molecule is COc1cccc(NC(=O)C[C@H]2CC[C@H]3[C@H](COc4ccc(NC(=O)C5CCOCC5)cc4C(=O)N3C)O2)c1. The van der Waals surface area contributed by atoms with E-state index in [9.17, 15) is 14.4 Å². The van der Waals surface area contributed by atoms with Gasteiger partial charge in [0.1, 0.15) is 24.2 Å². The van der Waals surface area contributed by atoms with Gasteiger partial charge < -0.3 is 34.5 Å². The first-order valence-corrected chi connectivity index (χ1v) is 13.4. The van der Waals surface area contributed by atoms with Crippen molar-refractivity contribution in [3.8, 4) is 11.5 Å². The number of hydrogen-bond acceptors (Lipinski definition) is 7. The Labute approximate surface area is 227 Å². The van der Waals surface area contributed by atoms with Gasteiger partial charge in [0.15, 0.2) is 0 Å². The number of benzene rings is 2. The van der Waals surface area contributed by atoms with Crippen molar-refractivity contribution in [3.05, 3.63) is 48.0 Å². The highest BCUT2D eigenvalue weighted by molar-refractivity contribution is 6.00. The van der Waals surface area contributed by atoms with Crippen LogP contribution in [-0.4, -0.2) is 74.8 Å². The number of nitrogens with zero attached hydrogens (tertiary/aromatic N) is 1. The second kappa shape index (κ2) is 12.0. The fourth-order valence-electron chi connectivity index (χ4n) is 5.43. The van der Waals surface area contributed by atoms with Gasteiger partial charge in [-0.15, -0.1) is 0 Å². The molecular weight excluding hydrogens is 502 g/mol. The number of ether oxygens (including phenoxy) is 4. The lowest BCUT2D eigenvalue weighted by Crippen LogP contribution is -2.53. The fraction of sp³-hybridized carbons (Fsp3) is 0.483. The monoisotopic (exact) mass is 537 g/mol.